The average molecular weight is 232 g/mol. The lowest BCUT2D eigenvalue weighted by Crippen LogP contribution is -1.94. The lowest BCUT2D eigenvalue weighted by atomic mass is 10.3. The average Bonchev–Trinajstić information content (AvgIpc) is 2.87. The Balaban J connectivity index is 2.03. The van der Waals surface area contributed by atoms with Gasteiger partial charge in [-0.25, -0.2) is 4.79 Å². The first-order valence-corrected chi connectivity index (χ1v) is 5.42. The summed E-state index contributed by atoms with van der Waals surface area (Å²) in [7, 11) is 0. The number of aromatic nitrogens is 2. The minimum absolute atomic E-state index is 0.309. The molecule has 0 atom stereocenters. The van der Waals surface area contributed by atoms with Crippen LogP contribution in [-0.2, 0) is 6.54 Å². The van der Waals surface area contributed by atoms with Crippen LogP contribution in [0.4, 0.5) is 0 Å². The van der Waals surface area contributed by atoms with E-state index in [1.165, 1.54) is 11.3 Å². The van der Waals surface area contributed by atoms with E-state index in [0.717, 1.165) is 5.56 Å². The standard InChI is InChI=1S/C11H8N2O2S/c14-11(15)10-7-9(8-16-10)3-1-5-13-6-2-4-12-13/h2,4,6-8H,5H2,(H,14,15). The molecule has 0 aliphatic rings. The Morgan fingerprint density at radius 3 is 3.12 bits per heavy atom. The molecule has 80 valence electrons. The molecule has 0 unspecified atom stereocenters. The van der Waals surface area contributed by atoms with Crippen molar-refractivity contribution in [2.24, 2.45) is 0 Å². The number of carbonyl (C=O) groups is 1. The third kappa shape index (κ3) is 2.49. The maximum atomic E-state index is 10.6. The fraction of sp³-hybridized carbons (Fsp3) is 0.0909. The summed E-state index contributed by atoms with van der Waals surface area (Å²) >= 11 is 1.18. The molecule has 0 radical (unpaired) electrons. The Labute approximate surface area is 96.2 Å². The first-order valence-electron chi connectivity index (χ1n) is 4.54. The third-order valence-corrected chi connectivity index (χ3v) is 2.76. The van der Waals surface area contributed by atoms with Gasteiger partial charge in [-0.1, -0.05) is 11.8 Å². The van der Waals surface area contributed by atoms with Gasteiger partial charge in [-0.05, 0) is 12.1 Å². The van der Waals surface area contributed by atoms with E-state index in [0.29, 0.717) is 11.4 Å². The summed E-state index contributed by atoms with van der Waals surface area (Å²) < 4.78 is 1.71. The zero-order valence-corrected chi connectivity index (χ0v) is 9.07. The summed E-state index contributed by atoms with van der Waals surface area (Å²) in [6, 6.07) is 3.40. The molecule has 1 N–H and O–H groups in total. The van der Waals surface area contributed by atoms with Gasteiger partial charge in [-0.2, -0.15) is 5.10 Å². The molecular weight excluding hydrogens is 224 g/mol. The summed E-state index contributed by atoms with van der Waals surface area (Å²) in [5, 5.41) is 14.5. The Morgan fingerprint density at radius 1 is 1.62 bits per heavy atom. The molecule has 2 aromatic rings. The van der Waals surface area contributed by atoms with Crippen LogP contribution < -0.4 is 0 Å². The minimum Gasteiger partial charge on any atom is -0.477 e. The molecule has 5 heteroatoms. The highest BCUT2D eigenvalue weighted by atomic mass is 32.1. The van der Waals surface area contributed by atoms with Gasteiger partial charge in [0.2, 0.25) is 0 Å². The van der Waals surface area contributed by atoms with Gasteiger partial charge in [-0.3, -0.25) is 4.68 Å². The third-order valence-electron chi connectivity index (χ3n) is 1.84. The summed E-state index contributed by atoms with van der Waals surface area (Å²) in [6.45, 7) is 0.505. The topological polar surface area (TPSA) is 55.1 Å². The van der Waals surface area contributed by atoms with E-state index < -0.39 is 5.97 Å². The minimum atomic E-state index is -0.912. The van der Waals surface area contributed by atoms with E-state index >= 15 is 0 Å². The monoisotopic (exact) mass is 232 g/mol. The van der Waals surface area contributed by atoms with Crippen molar-refractivity contribution in [1.29, 1.82) is 0 Å². The fourth-order valence-corrected chi connectivity index (χ4v) is 1.81. The maximum absolute atomic E-state index is 10.6. The van der Waals surface area contributed by atoms with Crippen molar-refractivity contribution in [3.05, 3.63) is 40.3 Å². The highest BCUT2D eigenvalue weighted by Gasteiger charge is 2.04. The van der Waals surface area contributed by atoms with Crippen LogP contribution in [0.3, 0.4) is 0 Å². The molecule has 2 rings (SSSR count). The summed E-state index contributed by atoms with van der Waals surface area (Å²) in [6.07, 6.45) is 3.51. The van der Waals surface area contributed by atoms with Crippen molar-refractivity contribution >= 4 is 17.3 Å². The lowest BCUT2D eigenvalue weighted by Gasteiger charge is -1.89. The molecule has 4 nitrogen and oxygen atoms in total. The van der Waals surface area contributed by atoms with Crippen LogP contribution in [0.5, 0.6) is 0 Å². The number of nitrogens with zero attached hydrogens (tertiary/aromatic N) is 2. The van der Waals surface area contributed by atoms with Gasteiger partial charge in [0.1, 0.15) is 11.4 Å². The van der Waals surface area contributed by atoms with Gasteiger partial charge in [-0.15, -0.1) is 11.3 Å². The maximum Gasteiger partial charge on any atom is 0.345 e. The molecule has 16 heavy (non-hydrogen) atoms. The Morgan fingerprint density at radius 2 is 2.50 bits per heavy atom. The summed E-state index contributed by atoms with van der Waals surface area (Å²) in [4.78, 5) is 10.9. The Hall–Kier alpha value is -2.06. The van der Waals surface area contributed by atoms with Crippen molar-refractivity contribution in [3.8, 4) is 11.8 Å². The number of hydrogen-bond donors (Lipinski definition) is 1. The first-order chi connectivity index (χ1) is 7.75. The number of rotatable bonds is 2. The zero-order chi connectivity index (χ0) is 11.4. The van der Waals surface area contributed by atoms with Gasteiger partial charge in [0.05, 0.1) is 0 Å². The van der Waals surface area contributed by atoms with Crippen molar-refractivity contribution < 1.29 is 9.90 Å². The van der Waals surface area contributed by atoms with E-state index in [1.54, 1.807) is 22.3 Å². The molecule has 0 aromatic carbocycles. The van der Waals surface area contributed by atoms with Gasteiger partial charge >= 0.3 is 5.97 Å². The van der Waals surface area contributed by atoms with Gasteiger partial charge in [0.25, 0.3) is 0 Å². The SMILES string of the molecule is O=C(O)c1cc(C#CCn2cccn2)cs1. The normalized spacial score (nSPS) is 9.50. The molecular formula is C11H8N2O2S. The van der Waals surface area contributed by atoms with Crippen molar-refractivity contribution in [1.82, 2.24) is 9.78 Å². The number of carboxylic acid groups (broad SMARTS) is 1. The van der Waals surface area contributed by atoms with Crippen LogP contribution in [0.1, 0.15) is 15.2 Å². The molecule has 2 heterocycles. The number of carboxylic acids is 1. The van der Waals surface area contributed by atoms with Crippen molar-refractivity contribution in [3.63, 3.8) is 0 Å². The molecule has 0 amide bonds. The fourth-order valence-electron chi connectivity index (χ4n) is 1.13. The second-order valence-electron chi connectivity index (χ2n) is 3.01. The van der Waals surface area contributed by atoms with Crippen LogP contribution in [-0.4, -0.2) is 20.9 Å². The molecule has 0 saturated carbocycles. The van der Waals surface area contributed by atoms with Crippen LogP contribution in [0.25, 0.3) is 0 Å². The van der Waals surface area contributed by atoms with E-state index in [2.05, 4.69) is 16.9 Å². The Kier molecular flexibility index (Phi) is 3.03. The molecule has 0 aliphatic carbocycles. The molecule has 0 spiro atoms. The lowest BCUT2D eigenvalue weighted by molar-refractivity contribution is 0.0702. The van der Waals surface area contributed by atoms with E-state index in [1.807, 2.05) is 12.3 Å². The van der Waals surface area contributed by atoms with Crippen molar-refractivity contribution in [2.75, 3.05) is 0 Å². The van der Waals surface area contributed by atoms with E-state index in [9.17, 15) is 4.79 Å². The summed E-state index contributed by atoms with van der Waals surface area (Å²) in [5.74, 6) is 4.90. The molecule has 0 aliphatic heterocycles. The van der Waals surface area contributed by atoms with Crippen LogP contribution in [0.15, 0.2) is 29.9 Å². The zero-order valence-electron chi connectivity index (χ0n) is 8.25. The highest BCUT2D eigenvalue weighted by Crippen LogP contribution is 2.13. The largest absolute Gasteiger partial charge is 0.477 e. The van der Waals surface area contributed by atoms with Gasteiger partial charge in [0, 0.05) is 23.3 Å². The highest BCUT2D eigenvalue weighted by molar-refractivity contribution is 7.12. The van der Waals surface area contributed by atoms with E-state index in [-0.39, 0.29) is 0 Å². The second kappa shape index (κ2) is 4.64. The molecule has 2 aromatic heterocycles. The Bertz CT molecular complexity index is 546. The quantitative estimate of drug-likeness (QED) is 0.802. The molecule has 0 saturated heterocycles. The predicted octanol–water partition coefficient (Wildman–Crippen LogP) is 1.69. The molecule has 0 fully saturated rings. The number of aromatic carboxylic acids is 1. The summed E-state index contributed by atoms with van der Waals surface area (Å²) in [5.41, 5.74) is 0.731. The second-order valence-corrected chi connectivity index (χ2v) is 3.92. The van der Waals surface area contributed by atoms with Gasteiger partial charge in [0.15, 0.2) is 0 Å². The van der Waals surface area contributed by atoms with Gasteiger partial charge < -0.3 is 5.11 Å². The van der Waals surface area contributed by atoms with Crippen molar-refractivity contribution in [2.45, 2.75) is 6.54 Å². The first kappa shape index (κ1) is 10.5. The molecule has 0 bridgehead atoms. The number of hydrogen-bond acceptors (Lipinski definition) is 3. The van der Waals surface area contributed by atoms with Crippen LogP contribution >= 0.6 is 11.3 Å². The predicted molar refractivity (Wildman–Crippen MR) is 60.4 cm³/mol. The van der Waals surface area contributed by atoms with Crippen LogP contribution in [0, 0.1) is 11.8 Å². The van der Waals surface area contributed by atoms with Crippen LogP contribution in [0.2, 0.25) is 0 Å². The number of thiophene rings is 1. The van der Waals surface area contributed by atoms with E-state index in [4.69, 9.17) is 5.11 Å². The smallest absolute Gasteiger partial charge is 0.345 e.